The zero-order valence-corrected chi connectivity index (χ0v) is 16.9. The monoisotopic (exact) mass is 391 g/mol. The summed E-state index contributed by atoms with van der Waals surface area (Å²) < 4.78 is 19.5. The minimum absolute atomic E-state index is 0.00713. The lowest BCUT2D eigenvalue weighted by atomic mass is 9.89. The molecular formula is C20H26FN3O2S. The molecule has 0 saturated carbocycles. The lowest BCUT2D eigenvalue weighted by Crippen LogP contribution is -2.37. The zero-order chi connectivity index (χ0) is 19.4. The summed E-state index contributed by atoms with van der Waals surface area (Å²) in [5.74, 6) is 0.715. The maximum Gasteiger partial charge on any atom is 0.237 e. The second kappa shape index (κ2) is 8.44. The van der Waals surface area contributed by atoms with Crippen LogP contribution in [-0.2, 0) is 17.8 Å². The molecule has 0 amide bonds. The van der Waals surface area contributed by atoms with Gasteiger partial charge in [0.2, 0.25) is 5.88 Å². The zero-order valence-electron chi connectivity index (χ0n) is 16.1. The highest BCUT2D eigenvalue weighted by atomic mass is 32.1. The Labute approximate surface area is 163 Å². The Bertz CT molecular complexity index is 780. The second-order valence-corrected chi connectivity index (χ2v) is 8.80. The second-order valence-electron chi connectivity index (χ2n) is 7.94. The largest absolute Gasteiger partial charge is 0.471 e. The molecule has 1 aliphatic rings. The third kappa shape index (κ3) is 5.56. The van der Waals surface area contributed by atoms with E-state index in [2.05, 4.69) is 14.9 Å². The highest BCUT2D eigenvalue weighted by molar-refractivity contribution is 7.08. The minimum atomic E-state index is -0.332. The maximum atomic E-state index is 13.6. The van der Waals surface area contributed by atoms with Crippen LogP contribution in [0.15, 0.2) is 23.8 Å². The van der Waals surface area contributed by atoms with Crippen molar-refractivity contribution in [1.82, 2.24) is 14.9 Å². The average Bonchev–Trinajstić information content (AvgIpc) is 3.01. The van der Waals surface area contributed by atoms with Crippen LogP contribution in [0.4, 0.5) is 4.39 Å². The topological polar surface area (TPSA) is 55.3 Å². The number of thiophene rings is 1. The van der Waals surface area contributed by atoms with Crippen molar-refractivity contribution in [2.24, 2.45) is 5.92 Å². The van der Waals surface area contributed by atoms with Crippen molar-refractivity contribution in [3.63, 3.8) is 0 Å². The van der Waals surface area contributed by atoms with Crippen LogP contribution in [0.2, 0.25) is 0 Å². The van der Waals surface area contributed by atoms with Crippen molar-refractivity contribution in [2.45, 2.75) is 52.2 Å². The number of Topliss-reactive ketones (excluding diaryl/α,β-unsaturated/α-hetero) is 1. The Morgan fingerprint density at radius 3 is 2.63 bits per heavy atom. The Morgan fingerprint density at radius 1 is 1.30 bits per heavy atom. The molecule has 5 nitrogen and oxygen atoms in total. The molecule has 3 heterocycles. The van der Waals surface area contributed by atoms with Gasteiger partial charge in [0.1, 0.15) is 17.1 Å². The van der Waals surface area contributed by atoms with Gasteiger partial charge in [-0.05, 0) is 58.1 Å². The van der Waals surface area contributed by atoms with Gasteiger partial charge in [-0.2, -0.15) is 4.39 Å². The molecule has 0 aliphatic carbocycles. The van der Waals surface area contributed by atoms with Crippen LogP contribution in [0.1, 0.15) is 44.9 Å². The van der Waals surface area contributed by atoms with Gasteiger partial charge in [0.25, 0.3) is 0 Å². The molecule has 0 unspecified atom stereocenters. The number of rotatable bonds is 6. The lowest BCUT2D eigenvalue weighted by molar-refractivity contribution is -0.123. The summed E-state index contributed by atoms with van der Waals surface area (Å²) in [6.45, 7) is 8.23. The van der Waals surface area contributed by atoms with Crippen molar-refractivity contribution in [3.05, 3.63) is 40.2 Å². The highest BCUT2D eigenvalue weighted by Gasteiger charge is 2.27. The first-order chi connectivity index (χ1) is 12.8. The van der Waals surface area contributed by atoms with Crippen LogP contribution in [0.5, 0.6) is 5.88 Å². The number of aromatic nitrogens is 2. The number of carbonyl (C=O) groups excluding carboxylic acids is 1. The molecule has 0 spiro atoms. The summed E-state index contributed by atoms with van der Waals surface area (Å²) in [5, 5.41) is 1.45. The number of hydrogen-bond acceptors (Lipinski definition) is 6. The number of ether oxygens (including phenoxy) is 1. The Morgan fingerprint density at radius 2 is 2.00 bits per heavy atom. The number of likely N-dealkylation sites (tertiary alicyclic amines) is 1. The SMILES string of the molecule is CC(C)(C)Oc1nccnc1CN1CCC(C(=O)Cc2ccsc2F)CC1. The number of ketones is 1. The molecule has 0 radical (unpaired) electrons. The van der Waals surface area contributed by atoms with Crippen molar-refractivity contribution < 1.29 is 13.9 Å². The molecular weight excluding hydrogens is 365 g/mol. The van der Waals surface area contributed by atoms with Gasteiger partial charge in [0, 0.05) is 36.8 Å². The van der Waals surface area contributed by atoms with Crippen LogP contribution in [0, 0.1) is 11.0 Å². The number of nitrogens with zero attached hydrogens (tertiary/aromatic N) is 3. The normalized spacial score (nSPS) is 16.4. The number of halogens is 1. The smallest absolute Gasteiger partial charge is 0.237 e. The quantitative estimate of drug-likeness (QED) is 0.748. The molecule has 1 fully saturated rings. The van der Waals surface area contributed by atoms with Gasteiger partial charge in [-0.15, -0.1) is 11.3 Å². The van der Waals surface area contributed by atoms with E-state index in [4.69, 9.17) is 4.74 Å². The molecule has 1 aliphatic heterocycles. The van der Waals surface area contributed by atoms with Gasteiger partial charge in [-0.3, -0.25) is 14.7 Å². The maximum absolute atomic E-state index is 13.6. The predicted molar refractivity (Wildman–Crippen MR) is 103 cm³/mol. The first-order valence-electron chi connectivity index (χ1n) is 9.27. The summed E-state index contributed by atoms with van der Waals surface area (Å²) in [4.78, 5) is 23.5. The molecule has 0 N–H and O–H groups in total. The summed E-state index contributed by atoms with van der Waals surface area (Å²) in [7, 11) is 0. The minimum Gasteiger partial charge on any atom is -0.471 e. The number of piperidine rings is 1. The van der Waals surface area contributed by atoms with Gasteiger partial charge in [0.15, 0.2) is 5.13 Å². The average molecular weight is 392 g/mol. The fourth-order valence-electron chi connectivity index (χ4n) is 3.24. The lowest BCUT2D eigenvalue weighted by Gasteiger charge is -2.31. The van der Waals surface area contributed by atoms with E-state index in [1.807, 2.05) is 20.8 Å². The van der Waals surface area contributed by atoms with Gasteiger partial charge in [0.05, 0.1) is 0 Å². The van der Waals surface area contributed by atoms with E-state index in [-0.39, 0.29) is 28.9 Å². The Hall–Kier alpha value is -1.86. The first kappa shape index (κ1) is 19.9. The summed E-state index contributed by atoms with van der Waals surface area (Å²) in [6.07, 6.45) is 5.10. The van der Waals surface area contributed by atoms with Crippen LogP contribution in [-0.4, -0.2) is 39.3 Å². The van der Waals surface area contributed by atoms with E-state index in [0.29, 0.717) is 18.0 Å². The van der Waals surface area contributed by atoms with Gasteiger partial charge in [-0.1, -0.05) is 0 Å². The van der Waals surface area contributed by atoms with E-state index in [9.17, 15) is 9.18 Å². The predicted octanol–water partition coefficient (Wildman–Crippen LogP) is 3.88. The van der Waals surface area contributed by atoms with Crippen molar-refractivity contribution >= 4 is 17.1 Å². The van der Waals surface area contributed by atoms with Crippen LogP contribution < -0.4 is 4.74 Å². The van der Waals surface area contributed by atoms with Crippen LogP contribution in [0.3, 0.4) is 0 Å². The fraction of sp³-hybridized carbons (Fsp3) is 0.550. The van der Waals surface area contributed by atoms with Crippen molar-refractivity contribution in [1.29, 1.82) is 0 Å². The molecule has 0 bridgehead atoms. The van der Waals surface area contributed by atoms with Gasteiger partial charge < -0.3 is 4.74 Å². The van der Waals surface area contributed by atoms with E-state index < -0.39 is 0 Å². The van der Waals surface area contributed by atoms with Crippen LogP contribution in [0.25, 0.3) is 0 Å². The molecule has 146 valence electrons. The first-order valence-corrected chi connectivity index (χ1v) is 10.2. The third-order valence-electron chi connectivity index (χ3n) is 4.61. The fourth-order valence-corrected chi connectivity index (χ4v) is 3.88. The summed E-state index contributed by atoms with van der Waals surface area (Å²) in [5.41, 5.74) is 1.01. The van der Waals surface area contributed by atoms with Gasteiger partial charge >= 0.3 is 0 Å². The van der Waals surface area contributed by atoms with E-state index >= 15 is 0 Å². The molecule has 2 aromatic heterocycles. The Kier molecular flexibility index (Phi) is 6.22. The Balaban J connectivity index is 1.54. The molecule has 0 aromatic carbocycles. The molecule has 2 aromatic rings. The number of hydrogen-bond donors (Lipinski definition) is 0. The molecule has 3 rings (SSSR count). The van der Waals surface area contributed by atoms with E-state index in [0.717, 1.165) is 43.0 Å². The number of carbonyl (C=O) groups is 1. The molecule has 0 atom stereocenters. The molecule has 1 saturated heterocycles. The third-order valence-corrected chi connectivity index (χ3v) is 5.35. The summed E-state index contributed by atoms with van der Waals surface area (Å²) >= 11 is 1.05. The van der Waals surface area contributed by atoms with E-state index in [1.165, 1.54) is 0 Å². The molecule has 7 heteroatoms. The highest BCUT2D eigenvalue weighted by Crippen LogP contribution is 2.25. The standard InChI is InChI=1S/C20H26FN3O2S/c1-20(2,3)26-19-16(22-7-8-23-19)13-24-9-4-14(5-10-24)17(25)12-15-6-11-27-18(15)21/h6-8,11,14H,4-5,9-10,12-13H2,1-3H3. The van der Waals surface area contributed by atoms with Gasteiger partial charge in [-0.25, -0.2) is 4.98 Å². The van der Waals surface area contributed by atoms with E-state index in [1.54, 1.807) is 23.8 Å². The van der Waals surface area contributed by atoms with Crippen molar-refractivity contribution in [2.75, 3.05) is 13.1 Å². The van der Waals surface area contributed by atoms with Crippen LogP contribution >= 0.6 is 11.3 Å². The molecule has 27 heavy (non-hydrogen) atoms. The van der Waals surface area contributed by atoms with Crippen molar-refractivity contribution in [3.8, 4) is 5.88 Å². The summed E-state index contributed by atoms with van der Waals surface area (Å²) in [6, 6.07) is 1.71.